The SMILES string of the molecule is CCN(CC)C(CNC)C1=CCCC=C1. The lowest BCUT2D eigenvalue weighted by Gasteiger charge is -2.31. The van der Waals surface area contributed by atoms with Crippen LogP contribution in [-0.2, 0) is 0 Å². The minimum Gasteiger partial charge on any atom is -0.318 e. The third-order valence-electron chi connectivity index (χ3n) is 3.06. The van der Waals surface area contributed by atoms with Crippen LogP contribution in [0.3, 0.4) is 0 Å². The molecule has 2 nitrogen and oxygen atoms in total. The second kappa shape index (κ2) is 6.81. The predicted octanol–water partition coefficient (Wildman–Crippen LogP) is 2.19. The van der Waals surface area contributed by atoms with E-state index in [4.69, 9.17) is 0 Å². The smallest absolute Gasteiger partial charge is 0.0469 e. The number of likely N-dealkylation sites (N-methyl/N-ethyl adjacent to an activating group) is 2. The molecule has 1 rings (SSSR count). The molecule has 2 heteroatoms. The van der Waals surface area contributed by atoms with Gasteiger partial charge in [-0.15, -0.1) is 0 Å². The van der Waals surface area contributed by atoms with Crippen molar-refractivity contribution in [3.05, 3.63) is 23.8 Å². The molecule has 0 saturated heterocycles. The van der Waals surface area contributed by atoms with E-state index in [9.17, 15) is 0 Å². The van der Waals surface area contributed by atoms with Crippen LogP contribution in [-0.4, -0.2) is 37.6 Å². The van der Waals surface area contributed by atoms with E-state index in [1.165, 1.54) is 18.4 Å². The molecule has 0 aromatic rings. The fourth-order valence-electron chi connectivity index (χ4n) is 2.20. The van der Waals surface area contributed by atoms with Crippen LogP contribution in [0.5, 0.6) is 0 Å². The number of rotatable bonds is 6. The van der Waals surface area contributed by atoms with Crippen LogP contribution >= 0.6 is 0 Å². The van der Waals surface area contributed by atoms with Gasteiger partial charge in [-0.2, -0.15) is 0 Å². The highest BCUT2D eigenvalue weighted by molar-refractivity contribution is 5.28. The van der Waals surface area contributed by atoms with Crippen LogP contribution in [0.4, 0.5) is 0 Å². The van der Waals surface area contributed by atoms with E-state index < -0.39 is 0 Å². The van der Waals surface area contributed by atoms with Crippen LogP contribution in [0.15, 0.2) is 23.8 Å². The van der Waals surface area contributed by atoms with Crippen LogP contribution in [0.2, 0.25) is 0 Å². The highest BCUT2D eigenvalue weighted by atomic mass is 15.2. The molecule has 0 spiro atoms. The van der Waals surface area contributed by atoms with Gasteiger partial charge in [-0.25, -0.2) is 0 Å². The van der Waals surface area contributed by atoms with Crippen LogP contribution < -0.4 is 5.32 Å². The second-order valence-corrected chi connectivity index (χ2v) is 3.98. The molecule has 1 aliphatic carbocycles. The Morgan fingerprint density at radius 2 is 2.07 bits per heavy atom. The lowest BCUT2D eigenvalue weighted by Crippen LogP contribution is -2.42. The van der Waals surface area contributed by atoms with Gasteiger partial charge in [-0.05, 0) is 38.6 Å². The Kier molecular flexibility index (Phi) is 5.66. The standard InChI is InChI=1S/C13H24N2/c1-4-15(5-2)13(11-14-3)12-9-7-6-8-10-12/h7,9-10,13-14H,4-6,8,11H2,1-3H3. The normalized spacial score (nSPS) is 18.0. The number of hydrogen-bond donors (Lipinski definition) is 1. The van der Waals surface area contributed by atoms with Gasteiger partial charge in [0.25, 0.3) is 0 Å². The van der Waals surface area contributed by atoms with E-state index in [2.05, 4.69) is 42.3 Å². The molecule has 0 radical (unpaired) electrons. The Hall–Kier alpha value is -0.600. The van der Waals surface area contributed by atoms with Crippen molar-refractivity contribution in [3.63, 3.8) is 0 Å². The molecule has 0 saturated carbocycles. The molecule has 0 aliphatic heterocycles. The maximum absolute atomic E-state index is 3.30. The van der Waals surface area contributed by atoms with Gasteiger partial charge in [0, 0.05) is 12.6 Å². The third-order valence-corrected chi connectivity index (χ3v) is 3.06. The maximum Gasteiger partial charge on any atom is 0.0469 e. The fraction of sp³-hybridized carbons (Fsp3) is 0.692. The Balaban J connectivity index is 2.71. The topological polar surface area (TPSA) is 15.3 Å². The first kappa shape index (κ1) is 12.5. The molecular formula is C13H24N2. The Morgan fingerprint density at radius 1 is 1.33 bits per heavy atom. The molecule has 1 aliphatic rings. The molecule has 86 valence electrons. The molecule has 0 aromatic carbocycles. The predicted molar refractivity (Wildman–Crippen MR) is 67.1 cm³/mol. The van der Waals surface area contributed by atoms with Gasteiger partial charge in [-0.3, -0.25) is 4.90 Å². The summed E-state index contributed by atoms with van der Waals surface area (Å²) in [5, 5.41) is 3.30. The van der Waals surface area contributed by atoms with Crippen molar-refractivity contribution in [2.75, 3.05) is 26.7 Å². The summed E-state index contributed by atoms with van der Waals surface area (Å²) in [7, 11) is 2.03. The van der Waals surface area contributed by atoms with Gasteiger partial charge >= 0.3 is 0 Å². The van der Waals surface area contributed by atoms with E-state index in [-0.39, 0.29) is 0 Å². The van der Waals surface area contributed by atoms with Crippen LogP contribution in [0.1, 0.15) is 26.7 Å². The summed E-state index contributed by atoms with van der Waals surface area (Å²) < 4.78 is 0. The van der Waals surface area contributed by atoms with Gasteiger partial charge in [0.2, 0.25) is 0 Å². The highest BCUT2D eigenvalue weighted by Crippen LogP contribution is 2.17. The molecule has 15 heavy (non-hydrogen) atoms. The second-order valence-electron chi connectivity index (χ2n) is 3.98. The molecule has 0 fully saturated rings. The summed E-state index contributed by atoms with van der Waals surface area (Å²) in [5.41, 5.74) is 1.49. The number of nitrogens with one attached hydrogen (secondary N) is 1. The number of nitrogens with zero attached hydrogens (tertiary/aromatic N) is 1. The summed E-state index contributed by atoms with van der Waals surface area (Å²) in [6.45, 7) is 7.75. The first-order valence-electron chi connectivity index (χ1n) is 6.08. The van der Waals surface area contributed by atoms with Crippen molar-refractivity contribution in [2.24, 2.45) is 0 Å². The van der Waals surface area contributed by atoms with E-state index in [1.54, 1.807) is 0 Å². The fourth-order valence-corrected chi connectivity index (χ4v) is 2.20. The van der Waals surface area contributed by atoms with Gasteiger partial charge in [-0.1, -0.05) is 32.1 Å². The van der Waals surface area contributed by atoms with Crippen molar-refractivity contribution in [1.29, 1.82) is 0 Å². The number of hydrogen-bond acceptors (Lipinski definition) is 2. The Bertz CT molecular complexity index is 227. The van der Waals surface area contributed by atoms with Gasteiger partial charge in [0.1, 0.15) is 0 Å². The summed E-state index contributed by atoms with van der Waals surface area (Å²) in [5.74, 6) is 0. The first-order chi connectivity index (χ1) is 7.33. The summed E-state index contributed by atoms with van der Waals surface area (Å²) >= 11 is 0. The Labute approximate surface area is 94.0 Å². The third kappa shape index (κ3) is 3.47. The molecule has 0 amide bonds. The van der Waals surface area contributed by atoms with Crippen LogP contribution in [0, 0.1) is 0 Å². The molecule has 1 atom stereocenters. The zero-order valence-electron chi connectivity index (χ0n) is 10.3. The summed E-state index contributed by atoms with van der Waals surface area (Å²) in [6.07, 6.45) is 9.38. The van der Waals surface area contributed by atoms with Crippen molar-refractivity contribution in [3.8, 4) is 0 Å². The van der Waals surface area contributed by atoms with E-state index >= 15 is 0 Å². The Morgan fingerprint density at radius 3 is 2.53 bits per heavy atom. The van der Waals surface area contributed by atoms with E-state index in [0.29, 0.717) is 6.04 Å². The first-order valence-corrected chi connectivity index (χ1v) is 6.08. The number of allylic oxidation sites excluding steroid dienone is 2. The minimum absolute atomic E-state index is 0.543. The average Bonchev–Trinajstić information content (AvgIpc) is 2.30. The largest absolute Gasteiger partial charge is 0.318 e. The zero-order valence-corrected chi connectivity index (χ0v) is 10.3. The average molecular weight is 208 g/mol. The molecule has 0 heterocycles. The molecule has 0 aromatic heterocycles. The van der Waals surface area contributed by atoms with Crippen molar-refractivity contribution >= 4 is 0 Å². The van der Waals surface area contributed by atoms with Gasteiger partial charge < -0.3 is 5.32 Å². The summed E-state index contributed by atoms with van der Waals surface area (Å²) in [4.78, 5) is 2.51. The van der Waals surface area contributed by atoms with Crippen molar-refractivity contribution < 1.29 is 0 Å². The molecule has 1 N–H and O–H groups in total. The minimum atomic E-state index is 0.543. The van der Waals surface area contributed by atoms with Crippen LogP contribution in [0.25, 0.3) is 0 Å². The lowest BCUT2D eigenvalue weighted by atomic mass is 9.98. The lowest BCUT2D eigenvalue weighted by molar-refractivity contribution is 0.243. The quantitative estimate of drug-likeness (QED) is 0.720. The molecule has 0 bridgehead atoms. The molecule has 1 unspecified atom stereocenters. The molecular weight excluding hydrogens is 184 g/mol. The summed E-state index contributed by atoms with van der Waals surface area (Å²) in [6, 6.07) is 0.543. The monoisotopic (exact) mass is 208 g/mol. The zero-order chi connectivity index (χ0) is 11.1. The van der Waals surface area contributed by atoms with Crippen molar-refractivity contribution in [2.45, 2.75) is 32.7 Å². The van der Waals surface area contributed by atoms with Gasteiger partial charge in [0.05, 0.1) is 0 Å². The van der Waals surface area contributed by atoms with E-state index in [0.717, 1.165) is 19.6 Å². The highest BCUT2D eigenvalue weighted by Gasteiger charge is 2.18. The van der Waals surface area contributed by atoms with Crippen molar-refractivity contribution in [1.82, 2.24) is 10.2 Å². The van der Waals surface area contributed by atoms with E-state index in [1.807, 2.05) is 7.05 Å². The van der Waals surface area contributed by atoms with Gasteiger partial charge in [0.15, 0.2) is 0 Å². The maximum atomic E-state index is 3.30.